The first kappa shape index (κ1) is 68.5. The van der Waals surface area contributed by atoms with Gasteiger partial charge < -0.3 is 33.8 Å². The molecule has 0 spiro atoms. The zero-order valence-electron chi connectivity index (χ0n) is 62.2. The van der Waals surface area contributed by atoms with Gasteiger partial charge in [0.05, 0.1) is 45.5 Å². The fourth-order valence-corrected chi connectivity index (χ4v) is 16.5. The van der Waals surface area contributed by atoms with Gasteiger partial charge in [0.1, 0.15) is 0 Å². The van der Waals surface area contributed by atoms with Crippen LogP contribution in [0.15, 0.2) is 410 Å². The second-order valence-corrected chi connectivity index (χ2v) is 29.3. The van der Waals surface area contributed by atoms with Crippen molar-refractivity contribution in [3.05, 3.63) is 400 Å². The minimum atomic E-state index is 0.607. The molecule has 116 heavy (non-hydrogen) atoms. The number of hydrogen-bond acceptors (Lipinski definition) is 14. The van der Waals surface area contributed by atoms with Gasteiger partial charge >= 0.3 is 0 Å². The predicted octanol–water partition coefficient (Wildman–Crippen LogP) is 27.7. The van der Waals surface area contributed by atoms with Gasteiger partial charge in [-0.2, -0.15) is 0 Å². The molecule has 6 heterocycles. The fourth-order valence-electron chi connectivity index (χ4n) is 15.4. The summed E-state index contributed by atoms with van der Waals surface area (Å²) in [6.07, 6.45) is 0. The van der Waals surface area contributed by atoms with Crippen molar-refractivity contribution in [2.24, 2.45) is 0 Å². The molecule has 4 aliphatic rings. The number of anilines is 12. The van der Waals surface area contributed by atoms with Gasteiger partial charge in [0.25, 0.3) is 0 Å². The van der Waals surface area contributed by atoms with Crippen LogP contribution in [0.3, 0.4) is 0 Å². The molecule has 0 aliphatic carbocycles. The summed E-state index contributed by atoms with van der Waals surface area (Å²) in [6, 6.07) is 137. The molecule has 18 aromatic rings. The third kappa shape index (κ3) is 13.0. The zero-order valence-corrected chi connectivity index (χ0v) is 63.0. The SMILES string of the molecule is c1ccc(-c2nc(-c3ccccc3)nc(-c3ccc(N4c5ccccc5Oc5cc(-c6ccc7c(c6)Oc6ccccc6N7c6ccccc6)ccc54)cc3)n2)cc1.c1ccc(-c2nc(-c3ccccc3)nc(-c3ccc(N4c5ccccc5Oc5cc(-c6ccc7c(c6)Sc6ccccc6N7c6ccccc6)ccc54)cc3)n2)cc1. The van der Waals surface area contributed by atoms with Crippen LogP contribution in [0.5, 0.6) is 34.5 Å². The molecule has 0 fully saturated rings. The van der Waals surface area contributed by atoms with E-state index in [0.717, 1.165) is 147 Å². The second-order valence-electron chi connectivity index (χ2n) is 28.2. The molecule has 0 saturated carbocycles. The van der Waals surface area contributed by atoms with E-state index in [2.05, 4.69) is 238 Å². The maximum absolute atomic E-state index is 6.65. The van der Waals surface area contributed by atoms with Crippen LogP contribution in [0.25, 0.3) is 90.6 Å². The van der Waals surface area contributed by atoms with Crippen molar-refractivity contribution in [2.45, 2.75) is 9.79 Å². The van der Waals surface area contributed by atoms with E-state index in [1.165, 1.54) is 21.2 Å². The Balaban J connectivity index is 0.000000145. The first-order chi connectivity index (χ1) is 57.5. The van der Waals surface area contributed by atoms with Crippen LogP contribution in [0, 0.1) is 0 Å². The summed E-state index contributed by atoms with van der Waals surface area (Å²) in [4.78, 5) is 41.1. The number of ether oxygens (including phenoxy) is 3. The van der Waals surface area contributed by atoms with Gasteiger partial charge in [0, 0.05) is 65.9 Å². The molecule has 0 saturated heterocycles. The van der Waals surface area contributed by atoms with Crippen LogP contribution < -0.4 is 33.8 Å². The van der Waals surface area contributed by atoms with Crippen molar-refractivity contribution >= 4 is 80.0 Å². The molecule has 14 heteroatoms. The van der Waals surface area contributed by atoms with Gasteiger partial charge in [-0.05, 0) is 192 Å². The fraction of sp³-hybridized carbons (Fsp3) is 0. The number of para-hydroxylation sites is 9. The van der Waals surface area contributed by atoms with Crippen LogP contribution in [0.2, 0.25) is 0 Å². The number of nitrogens with zero attached hydrogens (tertiary/aromatic N) is 10. The number of fused-ring (bicyclic) bond motifs is 8. The molecular formula is C102H66N10O3S. The normalized spacial score (nSPS) is 12.4. The van der Waals surface area contributed by atoms with Crippen molar-refractivity contribution < 1.29 is 14.2 Å². The lowest BCUT2D eigenvalue weighted by molar-refractivity contribution is 0.476. The Labute approximate surface area is 674 Å². The van der Waals surface area contributed by atoms with E-state index in [1.807, 2.05) is 194 Å². The van der Waals surface area contributed by atoms with Crippen molar-refractivity contribution in [1.29, 1.82) is 0 Å². The highest BCUT2D eigenvalue weighted by atomic mass is 32.2. The summed E-state index contributed by atoms with van der Waals surface area (Å²) in [6.45, 7) is 0. The van der Waals surface area contributed by atoms with E-state index in [0.29, 0.717) is 34.9 Å². The molecule has 0 amide bonds. The molecule has 0 radical (unpaired) electrons. The summed E-state index contributed by atoms with van der Waals surface area (Å²) in [5.41, 5.74) is 22.1. The van der Waals surface area contributed by atoms with Gasteiger partial charge in [-0.15, -0.1) is 0 Å². The lowest BCUT2D eigenvalue weighted by atomic mass is 10.0. The molecule has 0 atom stereocenters. The third-order valence-electron chi connectivity index (χ3n) is 21.0. The maximum Gasteiger partial charge on any atom is 0.164 e. The number of hydrogen-bond donors (Lipinski definition) is 0. The van der Waals surface area contributed by atoms with Crippen LogP contribution in [-0.2, 0) is 0 Å². The molecule has 0 bridgehead atoms. The Kier molecular flexibility index (Phi) is 17.5. The second kappa shape index (κ2) is 29.6. The van der Waals surface area contributed by atoms with E-state index >= 15 is 0 Å². The molecule has 0 unspecified atom stereocenters. The molecule has 4 aliphatic heterocycles. The maximum atomic E-state index is 6.65. The topological polar surface area (TPSA) is 118 Å². The third-order valence-corrected chi connectivity index (χ3v) is 22.1. The Morgan fingerprint density at radius 3 is 0.724 bits per heavy atom. The average molecular weight is 1510 g/mol. The summed E-state index contributed by atoms with van der Waals surface area (Å²) < 4.78 is 19.8. The minimum Gasteiger partial charge on any atom is -0.453 e. The zero-order chi connectivity index (χ0) is 76.8. The van der Waals surface area contributed by atoms with Crippen molar-refractivity contribution in [3.8, 4) is 125 Å². The molecule has 16 aromatic carbocycles. The predicted molar refractivity (Wildman–Crippen MR) is 466 cm³/mol. The van der Waals surface area contributed by atoms with Crippen molar-refractivity contribution in [3.63, 3.8) is 0 Å². The van der Waals surface area contributed by atoms with Crippen LogP contribution in [-0.4, -0.2) is 29.9 Å². The van der Waals surface area contributed by atoms with E-state index in [9.17, 15) is 0 Å². The van der Waals surface area contributed by atoms with Crippen LogP contribution in [0.1, 0.15) is 0 Å². The summed E-state index contributed by atoms with van der Waals surface area (Å²) in [5, 5.41) is 0. The Hall–Kier alpha value is -15.5. The van der Waals surface area contributed by atoms with Crippen LogP contribution in [0.4, 0.5) is 68.2 Å². The van der Waals surface area contributed by atoms with Crippen molar-refractivity contribution in [1.82, 2.24) is 29.9 Å². The standard InChI is InChI=1S/C51H33N5O2.C51H33N5OS/c1-4-14-34(15-5-1)49-52-50(35-16-6-2-7-17-35)54-51(53-49)36-24-28-40(29-25-36)56-42-21-11-13-23-46(42)58-48-33-38(27-31-44(48)56)37-26-30-43-47(32-37)57-45-22-12-10-20-41(45)55(43)39-18-8-3-9-19-39;1-4-14-34(15-5-1)49-52-50(35-16-6-2-7-17-35)54-51(53-49)36-24-28-40(29-25-36)55-41-20-10-12-22-45(41)57-46-32-37(26-30-42(46)55)38-27-31-44-48(33-38)58-47-23-13-11-21-43(47)56(44)39-18-8-3-9-19-39/h2*1-33H. The first-order valence-electron chi connectivity index (χ1n) is 38.4. The molecular weight excluding hydrogens is 1450 g/mol. The quantitative estimate of drug-likeness (QED) is 0.115. The summed E-state index contributed by atoms with van der Waals surface area (Å²) in [5.74, 6) is 8.47. The van der Waals surface area contributed by atoms with E-state index in [4.69, 9.17) is 44.1 Å². The van der Waals surface area contributed by atoms with Gasteiger partial charge in [-0.3, -0.25) is 0 Å². The van der Waals surface area contributed by atoms with Gasteiger partial charge in [-0.25, -0.2) is 29.9 Å². The Bertz CT molecular complexity index is 6210. The smallest absolute Gasteiger partial charge is 0.164 e. The minimum absolute atomic E-state index is 0.607. The number of rotatable bonds is 12. The van der Waals surface area contributed by atoms with Gasteiger partial charge in [-0.1, -0.05) is 242 Å². The molecule has 13 nitrogen and oxygen atoms in total. The monoisotopic (exact) mass is 1510 g/mol. The van der Waals surface area contributed by atoms with E-state index in [-0.39, 0.29) is 0 Å². The van der Waals surface area contributed by atoms with E-state index in [1.54, 1.807) is 0 Å². The van der Waals surface area contributed by atoms with Gasteiger partial charge in [0.15, 0.2) is 69.4 Å². The van der Waals surface area contributed by atoms with Crippen LogP contribution >= 0.6 is 11.8 Å². The van der Waals surface area contributed by atoms with Gasteiger partial charge in [0.2, 0.25) is 0 Å². The molecule has 0 N–H and O–H groups in total. The largest absolute Gasteiger partial charge is 0.453 e. The Morgan fingerprint density at radius 2 is 0.388 bits per heavy atom. The number of aromatic nitrogens is 6. The van der Waals surface area contributed by atoms with Crippen molar-refractivity contribution in [2.75, 3.05) is 19.6 Å². The van der Waals surface area contributed by atoms with E-state index < -0.39 is 0 Å². The molecule has 2 aromatic heterocycles. The Morgan fingerprint density at radius 1 is 0.164 bits per heavy atom. The molecule has 548 valence electrons. The lowest BCUT2D eigenvalue weighted by Gasteiger charge is -2.34. The summed E-state index contributed by atoms with van der Waals surface area (Å²) in [7, 11) is 0. The summed E-state index contributed by atoms with van der Waals surface area (Å²) >= 11 is 1.81. The number of benzene rings is 16. The highest BCUT2D eigenvalue weighted by molar-refractivity contribution is 7.99. The lowest BCUT2D eigenvalue weighted by Crippen LogP contribution is -2.16. The molecule has 22 rings (SSSR count). The highest BCUT2D eigenvalue weighted by Gasteiger charge is 2.32. The average Bonchev–Trinajstić information content (AvgIpc) is 0.754. The first-order valence-corrected chi connectivity index (χ1v) is 39.2. The highest BCUT2D eigenvalue weighted by Crippen LogP contribution is 2.57.